The van der Waals surface area contributed by atoms with Crippen molar-refractivity contribution in [2.24, 2.45) is 0 Å². The number of rotatable bonds is 4. The van der Waals surface area contributed by atoms with E-state index in [4.69, 9.17) is 4.74 Å². The summed E-state index contributed by atoms with van der Waals surface area (Å²) < 4.78 is 6.89. The third kappa shape index (κ3) is 4.28. The summed E-state index contributed by atoms with van der Waals surface area (Å²) in [4.78, 5) is 31.4. The van der Waals surface area contributed by atoms with E-state index in [0.717, 1.165) is 6.54 Å². The molecule has 0 aliphatic carbocycles. The standard InChI is InChI=1S/C29H29N3O3/c1-20-8-6-9-22(16-20)31-15-14-30(18-21(31)2)28(33)27-19-32(23-10-7-11-24(17-23)35-3)29(34)26-13-5-4-12-25(26)27/h4-13,16-17,19,21H,14-15,18H2,1-3H3. The summed E-state index contributed by atoms with van der Waals surface area (Å²) in [6, 6.07) is 23.3. The summed E-state index contributed by atoms with van der Waals surface area (Å²) in [5.41, 5.74) is 3.43. The molecule has 0 bridgehead atoms. The largest absolute Gasteiger partial charge is 0.497 e. The number of benzene rings is 3. The Morgan fingerprint density at radius 3 is 2.40 bits per heavy atom. The van der Waals surface area contributed by atoms with E-state index in [1.165, 1.54) is 11.3 Å². The van der Waals surface area contributed by atoms with Gasteiger partial charge in [0.15, 0.2) is 0 Å². The average Bonchev–Trinajstić information content (AvgIpc) is 2.88. The van der Waals surface area contributed by atoms with Crippen molar-refractivity contribution < 1.29 is 9.53 Å². The number of ether oxygens (including phenoxy) is 1. The molecule has 6 nitrogen and oxygen atoms in total. The van der Waals surface area contributed by atoms with Crippen LogP contribution in [0.1, 0.15) is 22.8 Å². The van der Waals surface area contributed by atoms with E-state index in [1.54, 1.807) is 30.0 Å². The van der Waals surface area contributed by atoms with E-state index in [0.29, 0.717) is 40.9 Å². The van der Waals surface area contributed by atoms with E-state index in [2.05, 4.69) is 43.0 Å². The molecule has 1 fully saturated rings. The van der Waals surface area contributed by atoms with Crippen LogP contribution in [-0.2, 0) is 0 Å². The molecule has 6 heteroatoms. The van der Waals surface area contributed by atoms with Crippen molar-refractivity contribution in [1.29, 1.82) is 0 Å². The summed E-state index contributed by atoms with van der Waals surface area (Å²) in [5.74, 6) is 0.588. The molecule has 1 atom stereocenters. The van der Waals surface area contributed by atoms with Gasteiger partial charge in [-0.05, 0) is 49.7 Å². The minimum atomic E-state index is -0.164. The molecule has 0 spiro atoms. The number of anilines is 1. The van der Waals surface area contributed by atoms with Crippen LogP contribution in [0.5, 0.6) is 5.75 Å². The van der Waals surface area contributed by atoms with Crippen molar-refractivity contribution in [3.8, 4) is 11.4 Å². The Morgan fingerprint density at radius 2 is 1.66 bits per heavy atom. The van der Waals surface area contributed by atoms with Crippen molar-refractivity contribution in [2.45, 2.75) is 19.9 Å². The molecular weight excluding hydrogens is 438 g/mol. The Morgan fingerprint density at radius 1 is 0.914 bits per heavy atom. The lowest BCUT2D eigenvalue weighted by atomic mass is 10.0. The molecule has 1 saturated heterocycles. The molecule has 0 saturated carbocycles. The summed E-state index contributed by atoms with van der Waals surface area (Å²) >= 11 is 0. The maximum Gasteiger partial charge on any atom is 0.262 e. The lowest BCUT2D eigenvalue weighted by Gasteiger charge is -2.41. The van der Waals surface area contributed by atoms with Crippen molar-refractivity contribution in [2.75, 3.05) is 31.6 Å². The summed E-state index contributed by atoms with van der Waals surface area (Å²) in [6.07, 6.45) is 1.68. The normalized spacial score (nSPS) is 15.9. The van der Waals surface area contributed by atoms with Crippen LogP contribution < -0.4 is 15.2 Å². The Labute approximate surface area is 205 Å². The van der Waals surface area contributed by atoms with Gasteiger partial charge >= 0.3 is 0 Å². The number of amides is 1. The number of pyridine rings is 1. The lowest BCUT2D eigenvalue weighted by Crippen LogP contribution is -2.54. The fourth-order valence-corrected chi connectivity index (χ4v) is 4.92. The maximum absolute atomic E-state index is 13.8. The lowest BCUT2D eigenvalue weighted by molar-refractivity contribution is 0.0727. The zero-order valence-corrected chi connectivity index (χ0v) is 20.3. The monoisotopic (exact) mass is 467 g/mol. The number of aromatic nitrogens is 1. The van der Waals surface area contributed by atoms with Gasteiger partial charge in [0.25, 0.3) is 11.5 Å². The van der Waals surface area contributed by atoms with Crippen molar-refractivity contribution >= 4 is 22.4 Å². The highest BCUT2D eigenvalue weighted by atomic mass is 16.5. The number of aryl methyl sites for hydroxylation is 1. The third-order valence-corrected chi connectivity index (χ3v) is 6.73. The van der Waals surface area contributed by atoms with Crippen LogP contribution >= 0.6 is 0 Å². The smallest absolute Gasteiger partial charge is 0.262 e. The maximum atomic E-state index is 13.8. The van der Waals surface area contributed by atoms with Gasteiger partial charge in [-0.2, -0.15) is 0 Å². The zero-order valence-electron chi connectivity index (χ0n) is 20.3. The molecule has 3 aromatic carbocycles. The fourth-order valence-electron chi connectivity index (χ4n) is 4.92. The van der Waals surface area contributed by atoms with Gasteiger partial charge in [-0.1, -0.05) is 36.4 Å². The minimum absolute atomic E-state index is 0.0615. The molecular formula is C29H29N3O3. The first-order valence-corrected chi connectivity index (χ1v) is 11.9. The van der Waals surface area contributed by atoms with E-state index in [-0.39, 0.29) is 17.5 Å². The van der Waals surface area contributed by atoms with Crippen LogP contribution in [0.15, 0.2) is 83.8 Å². The molecule has 4 aromatic rings. The number of fused-ring (bicyclic) bond motifs is 1. The number of nitrogens with zero attached hydrogens (tertiary/aromatic N) is 3. The van der Waals surface area contributed by atoms with Crippen LogP contribution in [-0.4, -0.2) is 48.2 Å². The second kappa shape index (κ2) is 9.29. The van der Waals surface area contributed by atoms with Gasteiger partial charge in [0, 0.05) is 54.4 Å². The van der Waals surface area contributed by atoms with Crippen LogP contribution in [0.25, 0.3) is 16.5 Å². The van der Waals surface area contributed by atoms with E-state index >= 15 is 0 Å². The number of piperazine rings is 1. The van der Waals surface area contributed by atoms with Crippen LogP contribution in [0.3, 0.4) is 0 Å². The summed E-state index contributed by atoms with van der Waals surface area (Å²) in [7, 11) is 1.59. The SMILES string of the molecule is COc1cccc(-n2cc(C(=O)N3CCN(c4cccc(C)c4)C(C)C3)c3ccccc3c2=O)c1. The molecule has 1 unspecified atom stereocenters. The molecule has 1 aliphatic heterocycles. The molecule has 2 heterocycles. The second-order valence-electron chi connectivity index (χ2n) is 9.10. The molecule has 1 amide bonds. The first kappa shape index (κ1) is 22.7. The van der Waals surface area contributed by atoms with Gasteiger partial charge in [-0.15, -0.1) is 0 Å². The molecule has 1 aliphatic rings. The number of methoxy groups -OCH3 is 1. The molecule has 0 radical (unpaired) electrons. The molecule has 178 valence electrons. The van der Waals surface area contributed by atoms with E-state index in [9.17, 15) is 9.59 Å². The highest BCUT2D eigenvalue weighted by Gasteiger charge is 2.29. The minimum Gasteiger partial charge on any atom is -0.497 e. The fraction of sp³-hybridized carbons (Fsp3) is 0.241. The topological polar surface area (TPSA) is 54.8 Å². The van der Waals surface area contributed by atoms with Gasteiger partial charge in [0.1, 0.15) is 5.75 Å². The Balaban J connectivity index is 1.51. The van der Waals surface area contributed by atoms with Gasteiger partial charge < -0.3 is 14.5 Å². The highest BCUT2D eigenvalue weighted by molar-refractivity contribution is 6.06. The van der Waals surface area contributed by atoms with Crippen molar-refractivity contribution in [1.82, 2.24) is 9.47 Å². The summed E-state index contributed by atoms with van der Waals surface area (Å²) in [6.45, 7) is 6.22. The van der Waals surface area contributed by atoms with Gasteiger partial charge in [-0.3, -0.25) is 14.2 Å². The summed E-state index contributed by atoms with van der Waals surface area (Å²) in [5, 5.41) is 1.20. The third-order valence-electron chi connectivity index (χ3n) is 6.73. The average molecular weight is 468 g/mol. The van der Waals surface area contributed by atoms with Crippen LogP contribution in [0, 0.1) is 6.92 Å². The Hall–Kier alpha value is -4.06. The van der Waals surface area contributed by atoms with E-state index in [1.807, 2.05) is 41.3 Å². The first-order chi connectivity index (χ1) is 17.0. The molecule has 35 heavy (non-hydrogen) atoms. The number of carbonyl (C=O) groups is 1. The van der Waals surface area contributed by atoms with Crippen LogP contribution in [0.2, 0.25) is 0 Å². The molecule has 5 rings (SSSR count). The van der Waals surface area contributed by atoms with E-state index < -0.39 is 0 Å². The zero-order chi connectivity index (χ0) is 24.5. The van der Waals surface area contributed by atoms with Crippen molar-refractivity contribution in [3.05, 3.63) is 100 Å². The number of hydrogen-bond acceptors (Lipinski definition) is 4. The highest BCUT2D eigenvalue weighted by Crippen LogP contribution is 2.25. The van der Waals surface area contributed by atoms with Gasteiger partial charge in [0.05, 0.1) is 18.4 Å². The number of carbonyl (C=O) groups excluding carboxylic acids is 1. The number of hydrogen-bond donors (Lipinski definition) is 0. The Kier molecular flexibility index (Phi) is 6.03. The second-order valence-corrected chi connectivity index (χ2v) is 9.10. The Bertz CT molecular complexity index is 1460. The van der Waals surface area contributed by atoms with Crippen LogP contribution in [0.4, 0.5) is 5.69 Å². The predicted molar refractivity (Wildman–Crippen MR) is 140 cm³/mol. The predicted octanol–water partition coefficient (Wildman–Crippen LogP) is 4.66. The van der Waals surface area contributed by atoms with Gasteiger partial charge in [-0.25, -0.2) is 0 Å². The molecule has 0 N–H and O–H groups in total. The van der Waals surface area contributed by atoms with Crippen molar-refractivity contribution in [3.63, 3.8) is 0 Å². The van der Waals surface area contributed by atoms with Gasteiger partial charge in [0.2, 0.25) is 0 Å². The molecule has 1 aromatic heterocycles. The first-order valence-electron chi connectivity index (χ1n) is 11.9. The quantitative estimate of drug-likeness (QED) is 0.438.